The Balaban J connectivity index is 1.56. The van der Waals surface area contributed by atoms with E-state index in [2.05, 4.69) is 10.1 Å². The minimum atomic E-state index is -3.83. The molecule has 1 amide bonds. The van der Waals surface area contributed by atoms with Gasteiger partial charge < -0.3 is 19.5 Å². The van der Waals surface area contributed by atoms with Crippen LogP contribution in [-0.4, -0.2) is 64.1 Å². The second-order valence-corrected chi connectivity index (χ2v) is 9.15. The van der Waals surface area contributed by atoms with Crippen molar-refractivity contribution in [3.63, 3.8) is 0 Å². The number of amides is 1. The first-order valence-electron chi connectivity index (χ1n) is 10.2. The summed E-state index contributed by atoms with van der Waals surface area (Å²) in [6, 6.07) is 3.80. The van der Waals surface area contributed by atoms with Gasteiger partial charge in [-0.05, 0) is 37.8 Å². The predicted molar refractivity (Wildman–Crippen MR) is 108 cm³/mol. The maximum atomic E-state index is 13.1. The SMILES string of the molecule is COC(=O)CCCCCNC(=O)C1CCCN1S(=O)(=O)c1ccc2c(c1)OCCO2. The highest BCUT2D eigenvalue weighted by Gasteiger charge is 2.39. The largest absolute Gasteiger partial charge is 0.486 e. The number of hydrogen-bond acceptors (Lipinski definition) is 7. The quantitative estimate of drug-likeness (QED) is 0.457. The van der Waals surface area contributed by atoms with E-state index in [0.717, 1.165) is 6.42 Å². The normalized spacial score (nSPS) is 18.8. The number of methoxy groups -OCH3 is 1. The van der Waals surface area contributed by atoms with E-state index >= 15 is 0 Å². The molecule has 0 saturated carbocycles. The van der Waals surface area contributed by atoms with Crippen molar-refractivity contribution in [2.45, 2.75) is 49.5 Å². The summed E-state index contributed by atoms with van der Waals surface area (Å²) in [7, 11) is -2.48. The Hall–Kier alpha value is -2.33. The van der Waals surface area contributed by atoms with Crippen LogP contribution in [0, 0.1) is 0 Å². The average Bonchev–Trinajstić information content (AvgIpc) is 3.26. The zero-order valence-corrected chi connectivity index (χ0v) is 17.9. The maximum absolute atomic E-state index is 13.1. The molecule has 1 unspecified atom stereocenters. The van der Waals surface area contributed by atoms with Gasteiger partial charge in [-0.3, -0.25) is 9.59 Å². The number of nitrogens with zero attached hydrogens (tertiary/aromatic N) is 1. The molecule has 0 aromatic heterocycles. The van der Waals surface area contributed by atoms with E-state index < -0.39 is 16.1 Å². The fraction of sp³-hybridized carbons (Fsp3) is 0.600. The highest BCUT2D eigenvalue weighted by Crippen LogP contribution is 2.34. The molecule has 1 saturated heterocycles. The lowest BCUT2D eigenvalue weighted by atomic mass is 10.2. The first kappa shape index (κ1) is 22.4. The van der Waals surface area contributed by atoms with Gasteiger partial charge in [0.2, 0.25) is 15.9 Å². The molecular formula is C20H28N2O7S. The van der Waals surface area contributed by atoms with E-state index in [4.69, 9.17) is 9.47 Å². The monoisotopic (exact) mass is 440 g/mol. The molecule has 0 bridgehead atoms. The summed E-state index contributed by atoms with van der Waals surface area (Å²) in [6.07, 6.45) is 3.65. The molecule has 10 heteroatoms. The van der Waals surface area contributed by atoms with Crippen molar-refractivity contribution in [3.8, 4) is 11.5 Å². The summed E-state index contributed by atoms with van der Waals surface area (Å²) in [5.41, 5.74) is 0. The Morgan fingerprint density at radius 1 is 1.17 bits per heavy atom. The van der Waals surface area contributed by atoms with Crippen LogP contribution in [0.1, 0.15) is 38.5 Å². The van der Waals surface area contributed by atoms with Crippen LogP contribution >= 0.6 is 0 Å². The van der Waals surface area contributed by atoms with Crippen molar-refractivity contribution >= 4 is 21.9 Å². The van der Waals surface area contributed by atoms with Gasteiger partial charge in [0, 0.05) is 25.6 Å². The topological polar surface area (TPSA) is 111 Å². The predicted octanol–water partition coefficient (Wildman–Crippen LogP) is 1.46. The summed E-state index contributed by atoms with van der Waals surface area (Å²) in [6.45, 7) is 1.53. The number of rotatable bonds is 9. The van der Waals surface area contributed by atoms with Crippen LogP contribution in [0.15, 0.2) is 23.1 Å². The van der Waals surface area contributed by atoms with Crippen LogP contribution < -0.4 is 14.8 Å². The minimum Gasteiger partial charge on any atom is -0.486 e. The number of esters is 1. The molecule has 1 N–H and O–H groups in total. The van der Waals surface area contributed by atoms with E-state index in [1.165, 1.54) is 23.5 Å². The number of sulfonamides is 1. The molecule has 1 aromatic rings. The van der Waals surface area contributed by atoms with Gasteiger partial charge in [-0.15, -0.1) is 0 Å². The third-order valence-corrected chi connectivity index (χ3v) is 7.12. The van der Waals surface area contributed by atoms with Crippen molar-refractivity contribution in [2.75, 3.05) is 33.4 Å². The van der Waals surface area contributed by atoms with Crippen molar-refractivity contribution in [1.29, 1.82) is 0 Å². The van der Waals surface area contributed by atoms with Crippen LogP contribution in [0.4, 0.5) is 0 Å². The first-order valence-corrected chi connectivity index (χ1v) is 11.6. The van der Waals surface area contributed by atoms with E-state index in [0.29, 0.717) is 69.9 Å². The van der Waals surface area contributed by atoms with E-state index in [-0.39, 0.29) is 16.8 Å². The highest BCUT2D eigenvalue weighted by atomic mass is 32.2. The smallest absolute Gasteiger partial charge is 0.305 e. The third-order valence-electron chi connectivity index (χ3n) is 5.21. The molecule has 1 aromatic carbocycles. The number of ether oxygens (including phenoxy) is 3. The molecular weight excluding hydrogens is 412 g/mol. The number of carbonyl (C=O) groups is 2. The Morgan fingerprint density at radius 2 is 1.93 bits per heavy atom. The Morgan fingerprint density at radius 3 is 2.70 bits per heavy atom. The summed E-state index contributed by atoms with van der Waals surface area (Å²) < 4.78 is 43.1. The van der Waals surface area contributed by atoms with Crippen molar-refractivity contribution in [3.05, 3.63) is 18.2 Å². The highest BCUT2D eigenvalue weighted by molar-refractivity contribution is 7.89. The summed E-state index contributed by atoms with van der Waals surface area (Å²) in [5.74, 6) is 0.379. The lowest BCUT2D eigenvalue weighted by Crippen LogP contribution is -2.46. The molecule has 2 aliphatic rings. The fourth-order valence-corrected chi connectivity index (χ4v) is 5.28. The second-order valence-electron chi connectivity index (χ2n) is 7.26. The molecule has 2 aliphatic heterocycles. The summed E-state index contributed by atoms with van der Waals surface area (Å²) in [4.78, 5) is 23.8. The lowest BCUT2D eigenvalue weighted by molar-refractivity contribution is -0.140. The van der Waals surface area contributed by atoms with E-state index in [9.17, 15) is 18.0 Å². The first-order chi connectivity index (χ1) is 14.4. The van der Waals surface area contributed by atoms with Gasteiger partial charge in [0.05, 0.1) is 12.0 Å². The van der Waals surface area contributed by atoms with Crippen LogP contribution in [0.5, 0.6) is 11.5 Å². The number of unbranched alkanes of at least 4 members (excludes halogenated alkanes) is 2. The number of hydrogen-bond donors (Lipinski definition) is 1. The molecule has 0 spiro atoms. The number of fused-ring (bicyclic) bond motifs is 1. The lowest BCUT2D eigenvalue weighted by Gasteiger charge is -2.24. The zero-order valence-electron chi connectivity index (χ0n) is 17.1. The van der Waals surface area contributed by atoms with Gasteiger partial charge in [0.15, 0.2) is 11.5 Å². The molecule has 0 radical (unpaired) electrons. The molecule has 1 atom stereocenters. The average molecular weight is 441 g/mol. The number of nitrogens with one attached hydrogen (secondary N) is 1. The third kappa shape index (κ3) is 5.23. The van der Waals surface area contributed by atoms with Gasteiger partial charge in [-0.2, -0.15) is 4.31 Å². The van der Waals surface area contributed by atoms with Gasteiger partial charge in [0.1, 0.15) is 19.3 Å². The Kier molecular flexibility index (Phi) is 7.54. The van der Waals surface area contributed by atoms with E-state index in [1.807, 2.05) is 0 Å². The van der Waals surface area contributed by atoms with Crippen LogP contribution in [0.25, 0.3) is 0 Å². The molecule has 2 heterocycles. The summed E-state index contributed by atoms with van der Waals surface area (Å²) in [5, 5.41) is 2.82. The standard InChI is InChI=1S/C20H28N2O7S/c1-27-19(23)7-3-2-4-10-21-20(24)16-6-5-11-22(16)30(25,26)15-8-9-17-18(14-15)29-13-12-28-17/h8-9,14,16H,2-7,10-13H2,1H3,(H,21,24). The maximum Gasteiger partial charge on any atom is 0.305 e. The van der Waals surface area contributed by atoms with Crippen molar-refractivity contribution < 1.29 is 32.2 Å². The molecule has 0 aliphatic carbocycles. The van der Waals surface area contributed by atoms with Crippen molar-refractivity contribution in [2.24, 2.45) is 0 Å². The Labute approximate surface area is 176 Å². The second kappa shape index (κ2) is 10.1. The fourth-order valence-electron chi connectivity index (χ4n) is 3.61. The molecule has 9 nitrogen and oxygen atoms in total. The molecule has 30 heavy (non-hydrogen) atoms. The molecule has 1 fully saturated rings. The van der Waals surface area contributed by atoms with Gasteiger partial charge >= 0.3 is 5.97 Å². The summed E-state index contributed by atoms with van der Waals surface area (Å²) >= 11 is 0. The van der Waals surface area contributed by atoms with Gasteiger partial charge in [-0.1, -0.05) is 6.42 Å². The zero-order chi connectivity index (χ0) is 21.6. The van der Waals surface area contributed by atoms with Crippen LogP contribution in [0.3, 0.4) is 0 Å². The number of benzene rings is 1. The minimum absolute atomic E-state index is 0.0919. The van der Waals surface area contributed by atoms with Gasteiger partial charge in [-0.25, -0.2) is 8.42 Å². The number of carbonyl (C=O) groups excluding carboxylic acids is 2. The van der Waals surface area contributed by atoms with Gasteiger partial charge in [0.25, 0.3) is 0 Å². The van der Waals surface area contributed by atoms with Crippen LogP contribution in [-0.2, 0) is 24.3 Å². The molecule has 3 rings (SSSR count). The van der Waals surface area contributed by atoms with Crippen molar-refractivity contribution in [1.82, 2.24) is 9.62 Å². The molecule has 166 valence electrons. The Bertz CT molecular complexity index is 872. The van der Waals surface area contributed by atoms with Crippen LogP contribution in [0.2, 0.25) is 0 Å². The van der Waals surface area contributed by atoms with E-state index in [1.54, 1.807) is 6.07 Å².